The Morgan fingerprint density at radius 1 is 0.500 bits per heavy atom. The van der Waals surface area contributed by atoms with Crippen molar-refractivity contribution in [2.75, 3.05) is 52.4 Å². The maximum absolute atomic E-state index is 2.35. The van der Waals surface area contributed by atoms with E-state index in [2.05, 4.69) is 13.8 Å². The van der Waals surface area contributed by atoms with Gasteiger partial charge in [0.05, 0.1) is 52.4 Å². The molecule has 2 aliphatic rings. The quantitative estimate of drug-likeness (QED) is 0.165. The van der Waals surface area contributed by atoms with Gasteiger partial charge in [-0.1, -0.05) is 26.7 Å². The van der Waals surface area contributed by atoms with Gasteiger partial charge in [0.2, 0.25) is 0 Å². The smallest absolute Gasteiger partial charge is 0.0788 e. The molecule has 0 bridgehead atoms. The molecular weight excluding hydrogens is 522 g/mol. The maximum Gasteiger partial charge on any atom is 0.0788 e. The fourth-order valence-electron chi connectivity index (χ4n) is 5.01. The normalized spacial score (nSPS) is 21.2. The van der Waals surface area contributed by atoms with Gasteiger partial charge in [0, 0.05) is 38.5 Å². The van der Waals surface area contributed by atoms with Crippen LogP contribution in [0.4, 0.5) is 0 Å². The van der Waals surface area contributed by atoms with Crippen molar-refractivity contribution in [3.63, 3.8) is 0 Å². The van der Waals surface area contributed by atoms with Crippen molar-refractivity contribution in [1.29, 1.82) is 0 Å². The van der Waals surface area contributed by atoms with E-state index in [1.54, 1.807) is 0 Å². The second-order valence-corrected chi connectivity index (χ2v) is 8.30. The summed E-state index contributed by atoms with van der Waals surface area (Å²) in [7, 11) is 0. The highest BCUT2D eigenvalue weighted by Gasteiger charge is 2.33. The first kappa shape index (κ1) is 25.4. The molecule has 2 rings (SSSR count). The molecule has 0 aliphatic carbocycles. The summed E-state index contributed by atoms with van der Waals surface area (Å²) in [5.41, 5.74) is 0. The van der Waals surface area contributed by atoms with Crippen LogP contribution in [0.25, 0.3) is 0 Å². The number of rotatable bonds is 11. The van der Waals surface area contributed by atoms with Crippen molar-refractivity contribution in [3.05, 3.63) is 0 Å². The Balaban J connectivity index is 0.00000264. The number of unbranched alkanes of at least 4 members (excludes halogenated alkanes) is 3. The largest absolute Gasteiger partial charge is 1.00 e. The molecule has 146 valence electrons. The van der Waals surface area contributed by atoms with Gasteiger partial charge in [-0.2, -0.15) is 0 Å². The highest BCUT2D eigenvalue weighted by Crippen LogP contribution is 2.24. The Morgan fingerprint density at radius 2 is 0.792 bits per heavy atom. The number of likely N-dealkylation sites (tertiary alicyclic amines) is 2. The number of halogens is 2. The van der Waals surface area contributed by atoms with E-state index in [0.29, 0.717) is 0 Å². The van der Waals surface area contributed by atoms with Gasteiger partial charge in [-0.3, -0.25) is 0 Å². The second-order valence-electron chi connectivity index (χ2n) is 8.30. The molecule has 0 aromatic carbocycles. The number of hydrogen-bond donors (Lipinski definition) is 0. The van der Waals surface area contributed by atoms with Crippen LogP contribution in [0.3, 0.4) is 0 Å². The van der Waals surface area contributed by atoms with Gasteiger partial charge in [-0.25, -0.2) is 0 Å². The first-order valence-corrected chi connectivity index (χ1v) is 10.4. The van der Waals surface area contributed by atoms with Gasteiger partial charge in [0.15, 0.2) is 0 Å². The van der Waals surface area contributed by atoms with Crippen molar-refractivity contribution in [3.8, 4) is 0 Å². The van der Waals surface area contributed by atoms with Crippen molar-refractivity contribution < 1.29 is 56.9 Å². The maximum atomic E-state index is 2.35. The molecule has 0 saturated carbocycles. The molecule has 4 heteroatoms. The average Bonchev–Trinajstić information content (AvgIpc) is 3.19. The van der Waals surface area contributed by atoms with Crippen LogP contribution in [0.2, 0.25) is 0 Å². The molecular formula is C20H42I2N2. The van der Waals surface area contributed by atoms with E-state index in [4.69, 9.17) is 0 Å². The van der Waals surface area contributed by atoms with Gasteiger partial charge in [0.25, 0.3) is 0 Å². The van der Waals surface area contributed by atoms with Crippen LogP contribution in [-0.4, -0.2) is 61.3 Å². The molecule has 24 heavy (non-hydrogen) atoms. The lowest BCUT2D eigenvalue weighted by Gasteiger charge is -2.36. The monoisotopic (exact) mass is 564 g/mol. The second kappa shape index (κ2) is 13.5. The Morgan fingerprint density at radius 3 is 1.08 bits per heavy atom. The highest BCUT2D eigenvalue weighted by molar-refractivity contribution is 4.59. The summed E-state index contributed by atoms with van der Waals surface area (Å²) in [5, 5.41) is 0. The molecule has 0 aromatic heterocycles. The van der Waals surface area contributed by atoms with E-state index in [9.17, 15) is 0 Å². The van der Waals surface area contributed by atoms with Crippen LogP contribution >= 0.6 is 0 Å². The van der Waals surface area contributed by atoms with Crippen LogP contribution in [-0.2, 0) is 0 Å². The molecule has 0 atom stereocenters. The molecule has 0 N–H and O–H groups in total. The minimum Gasteiger partial charge on any atom is -1.00 e. The topological polar surface area (TPSA) is 0 Å². The fraction of sp³-hybridized carbons (Fsp3) is 1.00. The minimum absolute atomic E-state index is 0. The molecule has 0 spiro atoms. The minimum atomic E-state index is 0. The zero-order valence-corrected chi connectivity index (χ0v) is 20.7. The van der Waals surface area contributed by atoms with Crippen molar-refractivity contribution in [2.45, 2.75) is 78.1 Å². The third-order valence-corrected chi connectivity index (χ3v) is 6.52. The van der Waals surface area contributed by atoms with E-state index in [1.807, 2.05) is 0 Å². The van der Waals surface area contributed by atoms with Gasteiger partial charge < -0.3 is 56.9 Å². The lowest BCUT2D eigenvalue weighted by atomic mass is 10.2. The predicted molar refractivity (Wildman–Crippen MR) is 97.0 cm³/mol. The van der Waals surface area contributed by atoms with Crippen molar-refractivity contribution >= 4 is 0 Å². The first-order chi connectivity index (χ1) is 10.7. The van der Waals surface area contributed by atoms with E-state index >= 15 is 0 Å². The molecule has 0 radical (unpaired) electrons. The van der Waals surface area contributed by atoms with Crippen LogP contribution in [0, 0.1) is 0 Å². The van der Waals surface area contributed by atoms with Crippen molar-refractivity contribution in [1.82, 2.24) is 0 Å². The fourth-order valence-corrected chi connectivity index (χ4v) is 5.01. The summed E-state index contributed by atoms with van der Waals surface area (Å²) >= 11 is 0. The average molecular weight is 564 g/mol. The van der Waals surface area contributed by atoms with Gasteiger partial charge in [-0.15, -0.1) is 0 Å². The third-order valence-electron chi connectivity index (χ3n) is 6.52. The predicted octanol–water partition coefficient (Wildman–Crippen LogP) is -1.40. The molecule has 0 aromatic rings. The SMILES string of the molecule is CCCC[N+]1(CCCC[N+]2(CCCC)CCCC2)CCCC1.[I-].[I-]. The van der Waals surface area contributed by atoms with Crippen LogP contribution in [0.15, 0.2) is 0 Å². The lowest BCUT2D eigenvalue weighted by molar-refractivity contribution is -0.923. The number of quaternary nitrogens is 2. The summed E-state index contributed by atoms with van der Waals surface area (Å²) in [6, 6.07) is 0. The summed E-state index contributed by atoms with van der Waals surface area (Å²) < 4.78 is 2.95. The summed E-state index contributed by atoms with van der Waals surface area (Å²) in [6.07, 6.45) is 14.5. The lowest BCUT2D eigenvalue weighted by Crippen LogP contribution is -3.00. The standard InChI is InChI=1S/C20H42N2.2HI/c1-3-5-13-21(15-7-8-16-21)19-11-12-20-22(14-6-4-2)17-9-10-18-22;;/h3-20H2,1-2H3;2*1H/q+2;;/p-2. The van der Waals surface area contributed by atoms with Gasteiger partial charge in [0.1, 0.15) is 0 Å². The van der Waals surface area contributed by atoms with E-state index in [1.165, 1.54) is 126 Å². The Bertz CT molecular complexity index is 268. The van der Waals surface area contributed by atoms with Crippen molar-refractivity contribution in [2.24, 2.45) is 0 Å². The van der Waals surface area contributed by atoms with Gasteiger partial charge in [-0.05, 0) is 12.8 Å². The molecule has 2 saturated heterocycles. The Labute approximate surface area is 186 Å². The number of nitrogens with zero attached hydrogens (tertiary/aromatic N) is 2. The van der Waals surface area contributed by atoms with Crippen LogP contribution < -0.4 is 48.0 Å². The Kier molecular flexibility index (Phi) is 14.3. The molecule has 2 fully saturated rings. The molecule has 2 heterocycles. The molecule has 0 amide bonds. The first-order valence-electron chi connectivity index (χ1n) is 10.4. The van der Waals surface area contributed by atoms with E-state index < -0.39 is 0 Å². The highest BCUT2D eigenvalue weighted by atomic mass is 127. The zero-order chi connectivity index (χ0) is 15.7. The molecule has 0 unspecified atom stereocenters. The third kappa shape index (κ3) is 7.95. The van der Waals surface area contributed by atoms with Crippen LogP contribution in [0.1, 0.15) is 78.1 Å². The number of hydrogen-bond acceptors (Lipinski definition) is 0. The summed E-state index contributed by atoms with van der Waals surface area (Å²) in [5.74, 6) is 0. The van der Waals surface area contributed by atoms with E-state index in [0.717, 1.165) is 0 Å². The summed E-state index contributed by atoms with van der Waals surface area (Å²) in [4.78, 5) is 0. The molecule has 2 aliphatic heterocycles. The molecule has 2 nitrogen and oxygen atoms in total. The Hall–Kier alpha value is 1.38. The van der Waals surface area contributed by atoms with Gasteiger partial charge >= 0.3 is 0 Å². The zero-order valence-electron chi connectivity index (χ0n) is 16.4. The van der Waals surface area contributed by atoms with E-state index in [-0.39, 0.29) is 48.0 Å². The van der Waals surface area contributed by atoms with Crippen LogP contribution in [0.5, 0.6) is 0 Å². The summed E-state index contributed by atoms with van der Waals surface area (Å²) in [6.45, 7) is 16.5.